The van der Waals surface area contributed by atoms with E-state index in [-0.39, 0.29) is 0 Å². The summed E-state index contributed by atoms with van der Waals surface area (Å²) < 4.78 is 1.76. The second-order valence-electron chi connectivity index (χ2n) is 3.20. The third-order valence-electron chi connectivity index (χ3n) is 1.81. The molecular formula is C18H34N4. The Morgan fingerprint density at radius 1 is 1.32 bits per heavy atom. The molecular weight excluding hydrogens is 272 g/mol. The minimum atomic E-state index is 0.903. The molecule has 0 unspecified atom stereocenters. The van der Waals surface area contributed by atoms with Crippen molar-refractivity contribution in [3.05, 3.63) is 49.1 Å². The molecule has 0 amide bonds. The fourth-order valence-electron chi connectivity index (χ4n) is 0.935. The van der Waals surface area contributed by atoms with Gasteiger partial charge in [0, 0.05) is 13.5 Å². The molecule has 0 N–H and O–H groups in total. The van der Waals surface area contributed by atoms with Gasteiger partial charge in [0.2, 0.25) is 0 Å². The van der Waals surface area contributed by atoms with E-state index in [2.05, 4.69) is 23.2 Å². The fourth-order valence-corrected chi connectivity index (χ4v) is 0.935. The van der Waals surface area contributed by atoms with E-state index < -0.39 is 0 Å². The number of nitrogens with zero attached hydrogens (tertiary/aromatic N) is 4. The first-order valence-electron chi connectivity index (χ1n) is 7.65. The van der Waals surface area contributed by atoms with Crippen molar-refractivity contribution in [3.63, 3.8) is 0 Å². The molecule has 0 spiro atoms. The van der Waals surface area contributed by atoms with Crippen molar-refractivity contribution in [2.75, 3.05) is 0 Å². The van der Waals surface area contributed by atoms with Crippen LogP contribution >= 0.6 is 0 Å². The van der Waals surface area contributed by atoms with Gasteiger partial charge in [-0.15, -0.1) is 0 Å². The van der Waals surface area contributed by atoms with Crippen LogP contribution in [0.1, 0.15) is 55.4 Å². The van der Waals surface area contributed by atoms with Gasteiger partial charge in [0.15, 0.2) is 0 Å². The van der Waals surface area contributed by atoms with E-state index in [1.165, 1.54) is 13.3 Å². The molecule has 0 atom stereocenters. The molecule has 0 fully saturated rings. The van der Waals surface area contributed by atoms with Crippen molar-refractivity contribution in [1.29, 1.82) is 5.26 Å². The lowest BCUT2D eigenvalue weighted by Gasteiger charge is -1.94. The van der Waals surface area contributed by atoms with E-state index in [9.17, 15) is 0 Å². The summed E-state index contributed by atoms with van der Waals surface area (Å²) in [6.07, 6.45) is 7.03. The fraction of sp³-hybridized carbons (Fsp3) is 0.500. The van der Waals surface area contributed by atoms with Crippen LogP contribution in [-0.2, 0) is 6.54 Å². The van der Waals surface area contributed by atoms with Gasteiger partial charge in [0.05, 0.1) is 6.07 Å². The van der Waals surface area contributed by atoms with E-state index in [0.717, 1.165) is 17.7 Å². The summed E-state index contributed by atoms with van der Waals surface area (Å²) in [4.78, 5) is 3.74. The molecule has 0 bridgehead atoms. The van der Waals surface area contributed by atoms with Crippen LogP contribution in [0, 0.1) is 11.3 Å². The van der Waals surface area contributed by atoms with E-state index in [1.54, 1.807) is 17.1 Å². The molecule has 1 aromatic rings. The van der Waals surface area contributed by atoms with Crippen LogP contribution in [0.2, 0.25) is 0 Å². The van der Waals surface area contributed by atoms with Gasteiger partial charge in [-0.05, 0) is 26.3 Å². The van der Waals surface area contributed by atoms with Gasteiger partial charge in [-0.25, -0.2) is 4.98 Å². The van der Waals surface area contributed by atoms with Crippen molar-refractivity contribution in [1.82, 2.24) is 14.8 Å². The molecule has 22 heavy (non-hydrogen) atoms. The smallest absolute Gasteiger partial charge is 0.137 e. The van der Waals surface area contributed by atoms with Crippen molar-refractivity contribution in [2.24, 2.45) is 0 Å². The van der Waals surface area contributed by atoms with Gasteiger partial charge in [0.1, 0.15) is 12.7 Å². The molecule has 0 saturated carbocycles. The van der Waals surface area contributed by atoms with Crippen LogP contribution in [0.25, 0.3) is 0 Å². The minimum Gasteiger partial charge on any atom is -0.253 e. The molecule has 1 rings (SSSR count). The zero-order valence-electron chi connectivity index (χ0n) is 15.7. The average Bonchev–Trinajstić information content (AvgIpc) is 3.07. The van der Waals surface area contributed by atoms with Gasteiger partial charge in [-0.1, -0.05) is 58.6 Å². The lowest BCUT2D eigenvalue weighted by Crippen LogP contribution is -1.91. The Labute approximate surface area is 137 Å². The molecule has 0 aliphatic heterocycles. The zero-order chi connectivity index (χ0) is 18.4. The van der Waals surface area contributed by atoms with Crippen LogP contribution in [-0.4, -0.2) is 14.8 Å². The maximum absolute atomic E-state index is 7.32. The number of allylic oxidation sites excluding steroid dienone is 4. The van der Waals surface area contributed by atoms with Gasteiger partial charge < -0.3 is 0 Å². The molecule has 4 heteroatoms. The van der Waals surface area contributed by atoms with Crippen LogP contribution < -0.4 is 0 Å². The third-order valence-corrected chi connectivity index (χ3v) is 1.81. The van der Waals surface area contributed by atoms with Gasteiger partial charge in [-0.2, -0.15) is 10.4 Å². The molecule has 4 nitrogen and oxygen atoms in total. The first-order chi connectivity index (χ1) is 10.6. The van der Waals surface area contributed by atoms with Gasteiger partial charge in [0.25, 0.3) is 0 Å². The predicted molar refractivity (Wildman–Crippen MR) is 98.4 cm³/mol. The monoisotopic (exact) mass is 306 g/mol. The number of aryl methyl sites for hydroxylation is 1. The SMILES string of the molecule is C=C/C(=C\C)C(=C)C.CC.CC.CC#N.CCn1cncn1. The van der Waals surface area contributed by atoms with Crippen LogP contribution in [0.15, 0.2) is 49.1 Å². The largest absolute Gasteiger partial charge is 0.253 e. The number of nitriles is 1. The lowest BCUT2D eigenvalue weighted by molar-refractivity contribution is 0.658. The Morgan fingerprint density at radius 2 is 1.77 bits per heavy atom. The quantitative estimate of drug-likeness (QED) is 0.685. The van der Waals surface area contributed by atoms with Crippen LogP contribution in [0.4, 0.5) is 0 Å². The second kappa shape index (κ2) is 27.2. The van der Waals surface area contributed by atoms with Crippen molar-refractivity contribution in [3.8, 4) is 6.07 Å². The third kappa shape index (κ3) is 23.0. The molecule has 126 valence electrons. The highest BCUT2D eigenvalue weighted by molar-refractivity contribution is 5.34. The lowest BCUT2D eigenvalue weighted by atomic mass is 10.1. The summed E-state index contributed by atoms with van der Waals surface area (Å²) in [7, 11) is 0. The number of rotatable bonds is 3. The summed E-state index contributed by atoms with van der Waals surface area (Å²) in [5.74, 6) is 0. The minimum absolute atomic E-state index is 0.903. The van der Waals surface area contributed by atoms with E-state index in [1.807, 2.05) is 60.6 Å². The molecule has 0 saturated heterocycles. The first kappa shape index (κ1) is 28.1. The average molecular weight is 306 g/mol. The highest BCUT2D eigenvalue weighted by Gasteiger charge is 1.85. The maximum atomic E-state index is 7.32. The van der Waals surface area contributed by atoms with Crippen molar-refractivity contribution >= 4 is 0 Å². The van der Waals surface area contributed by atoms with Crippen molar-refractivity contribution < 1.29 is 0 Å². The molecule has 1 heterocycles. The summed E-state index contributed by atoms with van der Waals surface area (Å²) in [5.41, 5.74) is 2.20. The Bertz CT molecular complexity index is 395. The Kier molecular flexibility index (Phi) is 34.8. The summed E-state index contributed by atoms with van der Waals surface area (Å²) in [5, 5.41) is 11.2. The predicted octanol–water partition coefficient (Wildman–Crippen LogP) is 5.58. The highest BCUT2D eigenvalue weighted by Crippen LogP contribution is 2.05. The Balaban J connectivity index is -0.000000105. The molecule has 1 aromatic heterocycles. The Hall–Kier alpha value is -2.15. The molecule has 0 radical (unpaired) electrons. The van der Waals surface area contributed by atoms with Crippen molar-refractivity contribution in [2.45, 2.75) is 61.9 Å². The summed E-state index contributed by atoms with van der Waals surface area (Å²) in [6, 6.07) is 1.75. The van der Waals surface area contributed by atoms with E-state index >= 15 is 0 Å². The van der Waals surface area contributed by atoms with Gasteiger partial charge in [-0.3, -0.25) is 4.68 Å². The van der Waals surface area contributed by atoms with Gasteiger partial charge >= 0.3 is 0 Å². The number of hydrogen-bond acceptors (Lipinski definition) is 3. The molecule has 0 aliphatic rings. The second-order valence-corrected chi connectivity index (χ2v) is 3.20. The van der Waals surface area contributed by atoms with E-state index in [0.29, 0.717) is 0 Å². The highest BCUT2D eigenvalue weighted by atomic mass is 15.3. The molecule has 0 aromatic carbocycles. The van der Waals surface area contributed by atoms with E-state index in [4.69, 9.17) is 5.26 Å². The maximum Gasteiger partial charge on any atom is 0.137 e. The zero-order valence-corrected chi connectivity index (χ0v) is 15.7. The van der Waals surface area contributed by atoms with Crippen LogP contribution in [0.5, 0.6) is 0 Å². The summed E-state index contributed by atoms with van der Waals surface area (Å²) in [6.45, 7) is 23.7. The standard InChI is InChI=1S/C8H12.C4H7N3.C2H3N.2C2H6/c1-5-8(6-2)7(3)4;1-2-7-4-5-3-6-7;1-2-3;2*1-2/h5-6H,1,3H2,2,4H3;3-4H,2H2,1H3;1H3;2*1-2H3/b8-6+;;;;. The Morgan fingerprint density at radius 3 is 1.86 bits per heavy atom. The normalized spacial score (nSPS) is 7.86. The first-order valence-corrected chi connectivity index (χ1v) is 7.65. The number of hydrogen-bond donors (Lipinski definition) is 0. The summed E-state index contributed by atoms with van der Waals surface area (Å²) >= 11 is 0. The topological polar surface area (TPSA) is 54.5 Å². The van der Waals surface area contributed by atoms with Crippen LogP contribution in [0.3, 0.4) is 0 Å². The number of aromatic nitrogens is 3. The molecule has 0 aliphatic carbocycles.